The molecule has 1 unspecified atom stereocenters. The molecule has 2 fully saturated rings. The van der Waals surface area contributed by atoms with Gasteiger partial charge in [-0.25, -0.2) is 9.78 Å². The summed E-state index contributed by atoms with van der Waals surface area (Å²) in [6.07, 6.45) is 8.76. The largest absolute Gasteiger partial charge is 0.477 e. The van der Waals surface area contributed by atoms with Crippen molar-refractivity contribution in [2.45, 2.75) is 56.6 Å². The Balaban J connectivity index is 1.65. The van der Waals surface area contributed by atoms with Crippen molar-refractivity contribution in [3.63, 3.8) is 0 Å². The number of pyridine rings is 1. The summed E-state index contributed by atoms with van der Waals surface area (Å²) in [6.45, 7) is 0.668. The van der Waals surface area contributed by atoms with Crippen LogP contribution >= 0.6 is 0 Å². The molecule has 1 aliphatic carbocycles. The van der Waals surface area contributed by atoms with Crippen LogP contribution in [-0.4, -0.2) is 40.2 Å². The van der Waals surface area contributed by atoms with Crippen LogP contribution in [0.15, 0.2) is 18.3 Å². The van der Waals surface area contributed by atoms with Crippen molar-refractivity contribution in [2.24, 2.45) is 0 Å². The van der Waals surface area contributed by atoms with E-state index in [1.807, 2.05) is 0 Å². The molecule has 1 atom stereocenters. The number of carboxylic acids is 1. The van der Waals surface area contributed by atoms with Gasteiger partial charge in [0.2, 0.25) is 0 Å². The molecule has 1 saturated carbocycles. The second kappa shape index (κ2) is 6.66. The van der Waals surface area contributed by atoms with Gasteiger partial charge in [-0.3, -0.25) is 4.79 Å². The highest BCUT2D eigenvalue weighted by Gasteiger charge is 2.38. The van der Waals surface area contributed by atoms with Gasteiger partial charge in [0, 0.05) is 24.4 Å². The fraction of sp³-hybridized carbons (Fsp3) is 0.588. The van der Waals surface area contributed by atoms with E-state index in [9.17, 15) is 9.59 Å². The normalized spacial score (nSPS) is 23.4. The molecular formula is C17H22N2O4. The summed E-state index contributed by atoms with van der Waals surface area (Å²) in [4.78, 5) is 27.1. The first-order valence-corrected chi connectivity index (χ1v) is 8.22. The van der Waals surface area contributed by atoms with E-state index in [2.05, 4.69) is 10.3 Å². The lowest BCUT2D eigenvalue weighted by Gasteiger charge is -2.43. The molecule has 1 aromatic heterocycles. The molecule has 1 aromatic rings. The first kappa shape index (κ1) is 15.9. The van der Waals surface area contributed by atoms with Crippen LogP contribution in [0.1, 0.15) is 65.8 Å². The molecule has 2 heterocycles. The summed E-state index contributed by atoms with van der Waals surface area (Å²) in [7, 11) is 0. The summed E-state index contributed by atoms with van der Waals surface area (Å²) >= 11 is 0. The molecule has 23 heavy (non-hydrogen) atoms. The van der Waals surface area contributed by atoms with E-state index in [-0.39, 0.29) is 23.2 Å². The average molecular weight is 318 g/mol. The molecule has 1 saturated heterocycles. The quantitative estimate of drug-likeness (QED) is 0.893. The van der Waals surface area contributed by atoms with E-state index in [0.717, 1.165) is 25.7 Å². The minimum Gasteiger partial charge on any atom is -0.477 e. The van der Waals surface area contributed by atoms with Crippen molar-refractivity contribution in [1.82, 2.24) is 10.3 Å². The lowest BCUT2D eigenvalue weighted by Crippen LogP contribution is -2.49. The van der Waals surface area contributed by atoms with Gasteiger partial charge in [-0.2, -0.15) is 0 Å². The van der Waals surface area contributed by atoms with Crippen molar-refractivity contribution >= 4 is 11.9 Å². The SMILES string of the molecule is O=C(NC1CCOC2(CCCCC2)C1)c1ccnc(C(=O)O)c1. The molecule has 124 valence electrons. The minimum atomic E-state index is -1.13. The standard InChI is InChI=1S/C17H22N2O4/c20-15(12-4-8-18-14(10-12)16(21)22)19-13-5-9-23-17(11-13)6-2-1-3-7-17/h4,8,10,13H,1-3,5-7,9,11H2,(H,19,20)(H,21,22). The summed E-state index contributed by atoms with van der Waals surface area (Å²) in [5.74, 6) is -1.38. The third-order valence-corrected chi connectivity index (χ3v) is 4.83. The molecule has 1 amide bonds. The average Bonchev–Trinajstić information content (AvgIpc) is 2.55. The molecule has 0 bridgehead atoms. The van der Waals surface area contributed by atoms with Gasteiger partial charge in [-0.05, 0) is 37.8 Å². The molecule has 3 rings (SSSR count). The molecule has 0 aromatic carbocycles. The highest BCUT2D eigenvalue weighted by atomic mass is 16.5. The van der Waals surface area contributed by atoms with Gasteiger partial charge < -0.3 is 15.2 Å². The Labute approximate surface area is 135 Å². The van der Waals surface area contributed by atoms with Gasteiger partial charge in [-0.15, -0.1) is 0 Å². The molecule has 6 nitrogen and oxygen atoms in total. The number of aromatic nitrogens is 1. The molecular weight excluding hydrogens is 296 g/mol. The topological polar surface area (TPSA) is 88.5 Å². The van der Waals surface area contributed by atoms with Gasteiger partial charge in [-0.1, -0.05) is 19.3 Å². The number of nitrogens with zero attached hydrogens (tertiary/aromatic N) is 1. The predicted octanol–water partition coefficient (Wildman–Crippen LogP) is 2.39. The van der Waals surface area contributed by atoms with Crippen LogP contribution in [-0.2, 0) is 4.74 Å². The van der Waals surface area contributed by atoms with E-state index in [0.29, 0.717) is 12.2 Å². The first-order valence-electron chi connectivity index (χ1n) is 8.22. The third kappa shape index (κ3) is 3.69. The predicted molar refractivity (Wildman–Crippen MR) is 83.5 cm³/mol. The number of carbonyl (C=O) groups excluding carboxylic acids is 1. The van der Waals surface area contributed by atoms with Crippen LogP contribution in [0.5, 0.6) is 0 Å². The fourth-order valence-electron chi connectivity index (χ4n) is 3.65. The van der Waals surface area contributed by atoms with Crippen LogP contribution in [0, 0.1) is 0 Å². The van der Waals surface area contributed by atoms with Crippen LogP contribution in [0.2, 0.25) is 0 Å². The Morgan fingerprint density at radius 2 is 2.09 bits per heavy atom. The zero-order valence-corrected chi connectivity index (χ0v) is 13.1. The highest BCUT2D eigenvalue weighted by molar-refractivity contribution is 5.96. The van der Waals surface area contributed by atoms with Crippen LogP contribution < -0.4 is 5.32 Å². The zero-order chi connectivity index (χ0) is 16.3. The zero-order valence-electron chi connectivity index (χ0n) is 13.1. The van der Waals surface area contributed by atoms with Gasteiger partial charge in [0.05, 0.1) is 5.60 Å². The molecule has 2 aliphatic rings. The van der Waals surface area contributed by atoms with Gasteiger partial charge in [0.25, 0.3) is 5.91 Å². The number of aromatic carboxylic acids is 1. The molecule has 1 spiro atoms. The lowest BCUT2D eigenvalue weighted by atomic mass is 9.78. The van der Waals surface area contributed by atoms with Gasteiger partial charge >= 0.3 is 5.97 Å². The summed E-state index contributed by atoms with van der Waals surface area (Å²) < 4.78 is 6.04. The number of carboxylic acid groups (broad SMARTS) is 1. The van der Waals surface area contributed by atoms with E-state index >= 15 is 0 Å². The Hall–Kier alpha value is -1.95. The molecule has 6 heteroatoms. The Bertz CT molecular complexity index is 591. The molecule has 0 radical (unpaired) electrons. The Kier molecular flexibility index (Phi) is 4.61. The van der Waals surface area contributed by atoms with Crippen LogP contribution in [0.25, 0.3) is 0 Å². The maximum atomic E-state index is 12.4. The Morgan fingerprint density at radius 3 is 2.83 bits per heavy atom. The monoisotopic (exact) mass is 318 g/mol. The molecule has 1 aliphatic heterocycles. The summed E-state index contributed by atoms with van der Waals surface area (Å²) in [5.41, 5.74) is 0.147. The van der Waals surface area contributed by atoms with Crippen LogP contribution in [0.3, 0.4) is 0 Å². The van der Waals surface area contributed by atoms with E-state index < -0.39 is 5.97 Å². The summed E-state index contributed by atoms with van der Waals surface area (Å²) in [6, 6.07) is 2.93. The van der Waals surface area contributed by atoms with Crippen molar-refractivity contribution in [2.75, 3.05) is 6.61 Å². The van der Waals surface area contributed by atoms with Crippen LogP contribution in [0.4, 0.5) is 0 Å². The maximum absolute atomic E-state index is 12.4. The first-order chi connectivity index (χ1) is 11.1. The van der Waals surface area contributed by atoms with Crippen molar-refractivity contribution in [1.29, 1.82) is 0 Å². The number of carbonyl (C=O) groups is 2. The van der Waals surface area contributed by atoms with Gasteiger partial charge in [0.1, 0.15) is 5.69 Å². The van der Waals surface area contributed by atoms with E-state index in [1.165, 1.54) is 37.6 Å². The van der Waals surface area contributed by atoms with E-state index in [4.69, 9.17) is 9.84 Å². The Morgan fingerprint density at radius 1 is 1.30 bits per heavy atom. The third-order valence-electron chi connectivity index (χ3n) is 4.83. The number of ether oxygens (including phenoxy) is 1. The van der Waals surface area contributed by atoms with Crippen molar-refractivity contribution < 1.29 is 19.4 Å². The number of amides is 1. The maximum Gasteiger partial charge on any atom is 0.354 e. The lowest BCUT2D eigenvalue weighted by molar-refractivity contribution is -0.107. The van der Waals surface area contributed by atoms with Crippen molar-refractivity contribution in [3.05, 3.63) is 29.6 Å². The number of hydrogen-bond acceptors (Lipinski definition) is 4. The summed E-state index contributed by atoms with van der Waals surface area (Å²) in [5, 5.41) is 12.0. The minimum absolute atomic E-state index is 0.0705. The van der Waals surface area contributed by atoms with Crippen molar-refractivity contribution in [3.8, 4) is 0 Å². The van der Waals surface area contributed by atoms with Gasteiger partial charge in [0.15, 0.2) is 0 Å². The smallest absolute Gasteiger partial charge is 0.354 e. The highest BCUT2D eigenvalue weighted by Crippen LogP contribution is 2.38. The number of rotatable bonds is 3. The second-order valence-corrected chi connectivity index (χ2v) is 6.49. The number of nitrogens with one attached hydrogen (secondary N) is 1. The molecule has 2 N–H and O–H groups in total. The number of hydrogen-bond donors (Lipinski definition) is 2. The fourth-order valence-corrected chi connectivity index (χ4v) is 3.65. The second-order valence-electron chi connectivity index (χ2n) is 6.49. The van der Waals surface area contributed by atoms with E-state index in [1.54, 1.807) is 0 Å².